The van der Waals surface area contributed by atoms with Crippen molar-refractivity contribution in [3.63, 3.8) is 0 Å². The van der Waals surface area contributed by atoms with Crippen molar-refractivity contribution in [1.29, 1.82) is 0 Å². The Morgan fingerprint density at radius 3 is 2.48 bits per heavy atom. The van der Waals surface area contributed by atoms with E-state index in [1.54, 1.807) is 6.07 Å². The molecule has 0 aromatic heterocycles. The summed E-state index contributed by atoms with van der Waals surface area (Å²) >= 11 is 4.72. The molecule has 0 radical (unpaired) electrons. The first-order valence-electron chi connectivity index (χ1n) is 7.09. The fourth-order valence-electron chi connectivity index (χ4n) is 2.58. The second-order valence-electron chi connectivity index (χ2n) is 5.43. The molecule has 21 heavy (non-hydrogen) atoms. The lowest BCUT2D eigenvalue weighted by Crippen LogP contribution is -2.32. The molecule has 6 heteroatoms. The fourth-order valence-corrected chi connectivity index (χ4v) is 2.76. The lowest BCUT2D eigenvalue weighted by Gasteiger charge is -2.33. The van der Waals surface area contributed by atoms with Gasteiger partial charge in [-0.15, -0.1) is 0 Å². The van der Waals surface area contributed by atoms with Gasteiger partial charge in [-0.3, -0.25) is 0 Å². The van der Waals surface area contributed by atoms with Gasteiger partial charge in [0.15, 0.2) is 0 Å². The molecular formula is C15H19F3N2S. The van der Waals surface area contributed by atoms with Gasteiger partial charge >= 0.3 is 6.18 Å². The number of halogens is 3. The van der Waals surface area contributed by atoms with Crippen molar-refractivity contribution in [2.24, 2.45) is 11.7 Å². The number of alkyl halides is 3. The molecule has 0 heterocycles. The second kappa shape index (κ2) is 6.22. The largest absolute Gasteiger partial charge is 0.417 e. The van der Waals surface area contributed by atoms with Crippen LogP contribution in [0.2, 0.25) is 0 Å². The average molecular weight is 316 g/mol. The maximum absolute atomic E-state index is 13.2. The SMILES string of the molecule is CCN(CC1CCC1)c1ccc(C(N)=S)c(C(F)(F)F)c1. The summed E-state index contributed by atoms with van der Waals surface area (Å²) in [5, 5.41) is 0. The number of thiocarbonyl (C=S) groups is 1. The maximum atomic E-state index is 13.2. The van der Waals surface area contributed by atoms with E-state index in [-0.39, 0.29) is 10.6 Å². The van der Waals surface area contributed by atoms with Crippen LogP contribution in [0.15, 0.2) is 18.2 Å². The van der Waals surface area contributed by atoms with Crippen LogP contribution < -0.4 is 10.6 Å². The van der Waals surface area contributed by atoms with E-state index in [0.717, 1.165) is 25.5 Å². The Morgan fingerprint density at radius 1 is 1.38 bits per heavy atom. The standard InChI is InChI=1S/C15H19F3N2S/c1-2-20(9-10-4-3-5-10)11-6-7-12(14(19)21)13(8-11)15(16,17)18/h6-8,10H,2-5,9H2,1H3,(H2,19,21). The second-order valence-corrected chi connectivity index (χ2v) is 5.87. The Hall–Kier alpha value is -1.30. The van der Waals surface area contributed by atoms with Crippen LogP contribution in [0, 0.1) is 5.92 Å². The molecular weight excluding hydrogens is 297 g/mol. The minimum Gasteiger partial charge on any atom is -0.389 e. The summed E-state index contributed by atoms with van der Waals surface area (Å²) in [5.74, 6) is 0.592. The average Bonchev–Trinajstić information content (AvgIpc) is 2.36. The molecule has 0 saturated heterocycles. The van der Waals surface area contributed by atoms with Gasteiger partial charge in [0.2, 0.25) is 0 Å². The molecule has 0 spiro atoms. The molecule has 2 nitrogen and oxygen atoms in total. The van der Waals surface area contributed by atoms with Gasteiger partial charge in [0, 0.05) is 24.3 Å². The Bertz CT molecular complexity index is 524. The van der Waals surface area contributed by atoms with Crippen LogP contribution in [0.3, 0.4) is 0 Å². The van der Waals surface area contributed by atoms with E-state index in [1.165, 1.54) is 12.5 Å². The maximum Gasteiger partial charge on any atom is 0.417 e. The summed E-state index contributed by atoms with van der Waals surface area (Å²) < 4.78 is 39.5. The first-order chi connectivity index (χ1) is 9.82. The highest BCUT2D eigenvalue weighted by atomic mass is 32.1. The van der Waals surface area contributed by atoms with Crippen LogP contribution in [0.1, 0.15) is 37.3 Å². The zero-order valence-electron chi connectivity index (χ0n) is 11.9. The third kappa shape index (κ3) is 3.67. The minimum absolute atomic E-state index is 0.110. The summed E-state index contributed by atoms with van der Waals surface area (Å²) in [6.45, 7) is 3.44. The van der Waals surface area contributed by atoms with Gasteiger partial charge in [-0.05, 0) is 43.9 Å². The predicted octanol–water partition coefficient (Wildman–Crippen LogP) is 3.97. The summed E-state index contributed by atoms with van der Waals surface area (Å²) in [4.78, 5) is 1.76. The normalized spacial score (nSPS) is 15.6. The molecule has 1 aliphatic rings. The van der Waals surface area contributed by atoms with Crippen molar-refractivity contribution in [1.82, 2.24) is 0 Å². The highest BCUT2D eigenvalue weighted by Gasteiger charge is 2.34. The molecule has 2 rings (SSSR count). The van der Waals surface area contributed by atoms with Crippen LogP contribution in [0.5, 0.6) is 0 Å². The van der Waals surface area contributed by atoms with Gasteiger partial charge in [-0.1, -0.05) is 18.6 Å². The van der Waals surface area contributed by atoms with Crippen LogP contribution in [0.25, 0.3) is 0 Å². The third-order valence-electron chi connectivity index (χ3n) is 4.02. The van der Waals surface area contributed by atoms with Gasteiger partial charge < -0.3 is 10.6 Å². The zero-order valence-corrected chi connectivity index (χ0v) is 12.7. The molecule has 0 amide bonds. The van der Waals surface area contributed by atoms with Gasteiger partial charge in [0.25, 0.3) is 0 Å². The lowest BCUT2D eigenvalue weighted by molar-refractivity contribution is -0.137. The molecule has 0 aliphatic heterocycles. The highest BCUT2D eigenvalue weighted by Crippen LogP contribution is 2.35. The number of hydrogen-bond acceptors (Lipinski definition) is 2. The molecule has 1 saturated carbocycles. The van der Waals surface area contributed by atoms with Crippen molar-refractivity contribution >= 4 is 22.9 Å². The fraction of sp³-hybridized carbons (Fsp3) is 0.533. The number of nitrogens with two attached hydrogens (primary N) is 1. The van der Waals surface area contributed by atoms with Crippen LogP contribution in [-0.2, 0) is 6.18 Å². The molecule has 0 bridgehead atoms. The van der Waals surface area contributed by atoms with E-state index in [1.807, 2.05) is 11.8 Å². The summed E-state index contributed by atoms with van der Waals surface area (Å²) in [7, 11) is 0. The Kier molecular flexibility index (Phi) is 4.76. The van der Waals surface area contributed by atoms with Crippen molar-refractivity contribution in [2.75, 3.05) is 18.0 Å². The molecule has 2 N–H and O–H groups in total. The van der Waals surface area contributed by atoms with Crippen molar-refractivity contribution < 1.29 is 13.2 Å². The molecule has 1 fully saturated rings. The predicted molar refractivity (Wildman–Crippen MR) is 82.6 cm³/mol. The molecule has 1 aliphatic carbocycles. The smallest absolute Gasteiger partial charge is 0.389 e. The monoisotopic (exact) mass is 316 g/mol. The van der Waals surface area contributed by atoms with E-state index >= 15 is 0 Å². The summed E-state index contributed by atoms with van der Waals surface area (Å²) in [6, 6.07) is 4.21. The molecule has 0 unspecified atom stereocenters. The Morgan fingerprint density at radius 2 is 2.05 bits per heavy atom. The van der Waals surface area contributed by atoms with E-state index in [9.17, 15) is 13.2 Å². The molecule has 1 aromatic rings. The van der Waals surface area contributed by atoms with E-state index in [0.29, 0.717) is 18.2 Å². The Labute approximate surface area is 128 Å². The highest BCUT2D eigenvalue weighted by molar-refractivity contribution is 7.80. The number of anilines is 1. The van der Waals surface area contributed by atoms with E-state index < -0.39 is 11.7 Å². The van der Waals surface area contributed by atoms with Gasteiger partial charge in [-0.2, -0.15) is 13.2 Å². The minimum atomic E-state index is -4.45. The van der Waals surface area contributed by atoms with Crippen molar-refractivity contribution in [3.05, 3.63) is 29.3 Å². The first kappa shape index (κ1) is 16.1. The quantitative estimate of drug-likeness (QED) is 0.834. The van der Waals surface area contributed by atoms with Gasteiger partial charge in [0.05, 0.1) is 5.56 Å². The van der Waals surface area contributed by atoms with Crippen LogP contribution in [0.4, 0.5) is 18.9 Å². The van der Waals surface area contributed by atoms with Gasteiger partial charge in [-0.25, -0.2) is 0 Å². The Balaban J connectivity index is 2.33. The number of nitrogens with zero attached hydrogens (tertiary/aromatic N) is 1. The molecule has 116 valence electrons. The summed E-state index contributed by atoms with van der Waals surface area (Å²) in [5.41, 5.74) is 5.12. The van der Waals surface area contributed by atoms with Gasteiger partial charge in [0.1, 0.15) is 4.99 Å². The number of benzene rings is 1. The van der Waals surface area contributed by atoms with Crippen molar-refractivity contribution in [3.8, 4) is 0 Å². The molecule has 0 atom stereocenters. The third-order valence-corrected chi connectivity index (χ3v) is 4.24. The molecule has 1 aromatic carbocycles. The van der Waals surface area contributed by atoms with Crippen molar-refractivity contribution in [2.45, 2.75) is 32.4 Å². The summed E-state index contributed by atoms with van der Waals surface area (Å²) in [6.07, 6.45) is -0.914. The first-order valence-corrected chi connectivity index (χ1v) is 7.49. The lowest BCUT2D eigenvalue weighted by atomic mass is 9.85. The topological polar surface area (TPSA) is 29.3 Å². The zero-order chi connectivity index (χ0) is 15.6. The number of hydrogen-bond donors (Lipinski definition) is 1. The van der Waals surface area contributed by atoms with E-state index in [2.05, 4.69) is 0 Å². The van der Waals surface area contributed by atoms with E-state index in [4.69, 9.17) is 18.0 Å². The van der Waals surface area contributed by atoms with Crippen LogP contribution in [-0.4, -0.2) is 18.1 Å². The van der Waals surface area contributed by atoms with Crippen LogP contribution >= 0.6 is 12.2 Å². The number of rotatable bonds is 5.